The van der Waals surface area contributed by atoms with Gasteiger partial charge in [-0.1, -0.05) is 45.9 Å². The molecule has 4 aromatic rings. The van der Waals surface area contributed by atoms with E-state index in [4.69, 9.17) is 5.10 Å². The first kappa shape index (κ1) is 13.8. The van der Waals surface area contributed by atoms with Gasteiger partial charge in [-0.25, -0.2) is 4.52 Å². The monoisotopic (exact) mass is 316 g/mol. The number of hydrogen-bond acceptors (Lipinski definition) is 2. The number of hydrogen-bond donors (Lipinski definition) is 1. The Balaban J connectivity index is 2.19. The summed E-state index contributed by atoms with van der Waals surface area (Å²) in [5, 5.41) is 18.4. The van der Waals surface area contributed by atoms with Crippen molar-refractivity contribution in [1.29, 1.82) is 0 Å². The zero-order chi connectivity index (χ0) is 16.9. The summed E-state index contributed by atoms with van der Waals surface area (Å²) >= 11 is 0. The maximum Gasteiger partial charge on any atom is 0.117 e. The van der Waals surface area contributed by atoms with E-state index in [1.807, 2.05) is 22.8 Å². The zero-order valence-corrected chi connectivity index (χ0v) is 14.4. The van der Waals surface area contributed by atoms with E-state index in [9.17, 15) is 5.11 Å². The number of fused-ring (bicyclic) bond motifs is 3. The lowest BCUT2D eigenvalue weighted by atomic mass is 9.58. The summed E-state index contributed by atoms with van der Waals surface area (Å²) in [5.41, 5.74) is 4.77. The topological polar surface area (TPSA) is 37.5 Å². The standard InChI is InChI=1S/C21H20N2O/c1-20(2)15-7-5-6-14-13-9-8-12(24)10-17(13)23-19(18(14)15)16(11-22-23)21(20,3)4/h5-11,24H,1-4H3. The van der Waals surface area contributed by atoms with Crippen LogP contribution in [-0.4, -0.2) is 14.7 Å². The largest absolute Gasteiger partial charge is 0.508 e. The first-order valence-corrected chi connectivity index (χ1v) is 8.40. The summed E-state index contributed by atoms with van der Waals surface area (Å²) in [7, 11) is 0. The average molecular weight is 316 g/mol. The number of nitrogens with zero attached hydrogens (tertiary/aromatic N) is 2. The van der Waals surface area contributed by atoms with Gasteiger partial charge in [-0.15, -0.1) is 0 Å². The second-order valence-electron chi connectivity index (χ2n) is 8.00. The van der Waals surface area contributed by atoms with Crippen LogP contribution < -0.4 is 0 Å². The predicted octanol–water partition coefficient (Wildman–Crippen LogP) is 4.92. The third kappa shape index (κ3) is 1.33. The van der Waals surface area contributed by atoms with Crippen molar-refractivity contribution in [2.24, 2.45) is 0 Å². The molecule has 0 spiro atoms. The minimum Gasteiger partial charge on any atom is -0.508 e. The molecule has 1 aliphatic carbocycles. The van der Waals surface area contributed by atoms with Crippen LogP contribution in [0.25, 0.3) is 27.2 Å². The summed E-state index contributed by atoms with van der Waals surface area (Å²) in [5.74, 6) is 0.271. The van der Waals surface area contributed by atoms with Gasteiger partial charge in [0, 0.05) is 27.8 Å². The van der Waals surface area contributed by atoms with E-state index in [2.05, 4.69) is 45.9 Å². The zero-order valence-electron chi connectivity index (χ0n) is 14.4. The molecule has 0 bridgehead atoms. The number of aromatic hydroxyl groups is 1. The summed E-state index contributed by atoms with van der Waals surface area (Å²) in [6.07, 6.45) is 2.01. The molecule has 0 fully saturated rings. The molecule has 24 heavy (non-hydrogen) atoms. The highest BCUT2D eigenvalue weighted by Gasteiger charge is 2.46. The van der Waals surface area contributed by atoms with Crippen molar-refractivity contribution < 1.29 is 5.11 Å². The van der Waals surface area contributed by atoms with Crippen LogP contribution in [0.1, 0.15) is 38.8 Å². The Bertz CT molecular complexity index is 1170. The normalized spacial score (nSPS) is 18.0. The van der Waals surface area contributed by atoms with Crippen LogP contribution in [0.5, 0.6) is 5.75 Å². The third-order valence-corrected chi connectivity index (χ3v) is 6.48. The Labute approximate surface area is 140 Å². The minimum atomic E-state index is -0.0272. The van der Waals surface area contributed by atoms with Crippen LogP contribution in [-0.2, 0) is 10.8 Å². The smallest absolute Gasteiger partial charge is 0.117 e. The molecule has 0 amide bonds. The van der Waals surface area contributed by atoms with Crippen molar-refractivity contribution in [3.8, 4) is 5.75 Å². The van der Waals surface area contributed by atoms with Gasteiger partial charge < -0.3 is 5.11 Å². The number of pyridine rings is 1. The molecule has 0 atom stereocenters. The van der Waals surface area contributed by atoms with E-state index in [0.29, 0.717) is 0 Å². The SMILES string of the molecule is CC1(C)c2cccc3c4ccc(O)cc4n4ncc(c4c23)C1(C)C. The molecule has 0 aliphatic heterocycles. The first-order chi connectivity index (χ1) is 11.3. The Morgan fingerprint density at radius 2 is 1.67 bits per heavy atom. The fourth-order valence-corrected chi connectivity index (χ4v) is 4.38. The fourth-order valence-electron chi connectivity index (χ4n) is 4.38. The molecule has 5 rings (SSSR count). The van der Waals surface area contributed by atoms with E-state index < -0.39 is 0 Å². The number of phenolic OH excluding ortho intramolecular Hbond substituents is 1. The first-order valence-electron chi connectivity index (χ1n) is 8.40. The number of rotatable bonds is 0. The molecule has 2 heterocycles. The lowest BCUT2D eigenvalue weighted by molar-refractivity contribution is 0.304. The van der Waals surface area contributed by atoms with E-state index in [1.54, 1.807) is 6.07 Å². The van der Waals surface area contributed by atoms with Gasteiger partial charge in [-0.2, -0.15) is 5.10 Å². The molecule has 2 aromatic carbocycles. The Hall–Kier alpha value is -2.55. The van der Waals surface area contributed by atoms with E-state index >= 15 is 0 Å². The Morgan fingerprint density at radius 1 is 0.917 bits per heavy atom. The third-order valence-electron chi connectivity index (χ3n) is 6.48. The van der Waals surface area contributed by atoms with Crippen molar-refractivity contribution in [3.05, 3.63) is 53.7 Å². The summed E-state index contributed by atoms with van der Waals surface area (Å²) in [6, 6.07) is 12.2. The molecule has 0 unspecified atom stereocenters. The summed E-state index contributed by atoms with van der Waals surface area (Å²) < 4.78 is 2.01. The lowest BCUT2D eigenvalue weighted by Gasteiger charge is -2.45. The van der Waals surface area contributed by atoms with E-state index in [1.165, 1.54) is 27.4 Å². The van der Waals surface area contributed by atoms with Gasteiger partial charge in [-0.3, -0.25) is 0 Å². The van der Waals surface area contributed by atoms with Gasteiger partial charge in [0.05, 0.1) is 17.2 Å². The van der Waals surface area contributed by atoms with Gasteiger partial charge in [0.25, 0.3) is 0 Å². The highest BCUT2D eigenvalue weighted by atomic mass is 16.3. The van der Waals surface area contributed by atoms with Crippen LogP contribution in [0.3, 0.4) is 0 Å². The Kier molecular flexibility index (Phi) is 2.26. The molecule has 0 saturated carbocycles. The van der Waals surface area contributed by atoms with Crippen molar-refractivity contribution in [3.63, 3.8) is 0 Å². The van der Waals surface area contributed by atoms with Crippen LogP contribution in [0.4, 0.5) is 0 Å². The number of phenols is 1. The van der Waals surface area contributed by atoms with Gasteiger partial charge >= 0.3 is 0 Å². The maximum absolute atomic E-state index is 9.98. The van der Waals surface area contributed by atoms with Crippen LogP contribution in [0, 0.1) is 0 Å². The molecule has 120 valence electrons. The second kappa shape index (κ2) is 3.92. The van der Waals surface area contributed by atoms with Gasteiger partial charge in [0.15, 0.2) is 0 Å². The van der Waals surface area contributed by atoms with Gasteiger partial charge in [0.1, 0.15) is 5.75 Å². The number of benzene rings is 2. The molecule has 2 aromatic heterocycles. The van der Waals surface area contributed by atoms with Crippen molar-refractivity contribution in [2.75, 3.05) is 0 Å². The van der Waals surface area contributed by atoms with E-state index in [0.717, 1.165) is 10.9 Å². The lowest BCUT2D eigenvalue weighted by Crippen LogP contribution is -2.42. The fraction of sp³-hybridized carbons (Fsp3) is 0.286. The second-order valence-corrected chi connectivity index (χ2v) is 8.00. The minimum absolute atomic E-state index is 0.00757. The van der Waals surface area contributed by atoms with Crippen LogP contribution in [0.2, 0.25) is 0 Å². The van der Waals surface area contributed by atoms with Crippen molar-refractivity contribution in [2.45, 2.75) is 38.5 Å². The highest BCUT2D eigenvalue weighted by molar-refractivity contribution is 6.15. The van der Waals surface area contributed by atoms with Crippen LogP contribution in [0.15, 0.2) is 42.6 Å². The molecule has 0 radical (unpaired) electrons. The number of aromatic nitrogens is 2. The molecule has 3 heteroatoms. The van der Waals surface area contributed by atoms with Crippen LogP contribution >= 0.6 is 0 Å². The average Bonchev–Trinajstić information content (AvgIpc) is 2.99. The predicted molar refractivity (Wildman–Crippen MR) is 97.9 cm³/mol. The molecule has 1 N–H and O–H groups in total. The summed E-state index contributed by atoms with van der Waals surface area (Å²) in [6.45, 7) is 9.27. The Morgan fingerprint density at radius 3 is 2.46 bits per heavy atom. The van der Waals surface area contributed by atoms with Crippen molar-refractivity contribution >= 4 is 27.2 Å². The molecule has 0 saturated heterocycles. The molecular formula is C21H20N2O. The molecule has 3 nitrogen and oxygen atoms in total. The highest BCUT2D eigenvalue weighted by Crippen LogP contribution is 2.53. The van der Waals surface area contributed by atoms with Gasteiger partial charge in [-0.05, 0) is 28.5 Å². The maximum atomic E-state index is 9.98. The van der Waals surface area contributed by atoms with Gasteiger partial charge in [0.2, 0.25) is 0 Å². The van der Waals surface area contributed by atoms with E-state index in [-0.39, 0.29) is 16.6 Å². The molecule has 1 aliphatic rings. The van der Waals surface area contributed by atoms with Crippen molar-refractivity contribution in [1.82, 2.24) is 9.61 Å². The quantitative estimate of drug-likeness (QED) is 0.468. The summed E-state index contributed by atoms with van der Waals surface area (Å²) in [4.78, 5) is 0. The molecular weight excluding hydrogens is 296 g/mol.